The highest BCUT2D eigenvalue weighted by atomic mass is 16.5. The number of benzene rings is 1. The highest BCUT2D eigenvalue weighted by molar-refractivity contribution is 5.57. The van der Waals surface area contributed by atoms with E-state index in [1.54, 1.807) is 0 Å². The number of hydrogen-bond acceptors (Lipinski definition) is 2. The average Bonchev–Trinajstić information content (AvgIpc) is 2.45. The van der Waals surface area contributed by atoms with Gasteiger partial charge in [-0.15, -0.1) is 0 Å². The highest BCUT2D eigenvalue weighted by Crippen LogP contribution is 2.28. The minimum Gasteiger partial charge on any atom is -0.491 e. The van der Waals surface area contributed by atoms with Crippen molar-refractivity contribution in [1.82, 2.24) is 0 Å². The smallest absolute Gasteiger partial charge is 0.142 e. The first-order valence-corrected chi connectivity index (χ1v) is 7.77. The molecule has 0 saturated heterocycles. The molecule has 0 aliphatic heterocycles. The number of hydrogen-bond donors (Lipinski definition) is 1. The number of aryl methyl sites for hydroxylation is 1. The summed E-state index contributed by atoms with van der Waals surface area (Å²) in [6, 6.07) is 6.45. The fourth-order valence-corrected chi connectivity index (χ4v) is 2.75. The van der Waals surface area contributed by atoms with Gasteiger partial charge in [-0.25, -0.2) is 0 Å². The molecule has 19 heavy (non-hydrogen) atoms. The summed E-state index contributed by atoms with van der Waals surface area (Å²) in [7, 11) is 0. The molecule has 0 unspecified atom stereocenters. The molecule has 106 valence electrons. The lowest BCUT2D eigenvalue weighted by atomic mass is 9.89. The first-order chi connectivity index (χ1) is 9.29. The summed E-state index contributed by atoms with van der Waals surface area (Å²) in [5, 5.41) is 3.59. The number of ether oxygens (including phenoxy) is 1. The van der Waals surface area contributed by atoms with Crippen molar-refractivity contribution >= 4 is 5.69 Å². The van der Waals surface area contributed by atoms with E-state index in [1.807, 2.05) is 0 Å². The van der Waals surface area contributed by atoms with E-state index in [4.69, 9.17) is 4.74 Å². The van der Waals surface area contributed by atoms with Gasteiger partial charge in [0.2, 0.25) is 0 Å². The van der Waals surface area contributed by atoms with Crippen LogP contribution in [0.5, 0.6) is 5.75 Å². The van der Waals surface area contributed by atoms with Crippen molar-refractivity contribution in [2.45, 2.75) is 52.4 Å². The van der Waals surface area contributed by atoms with E-state index in [1.165, 1.54) is 37.7 Å². The molecule has 1 aliphatic carbocycles. The molecule has 1 N–H and O–H groups in total. The summed E-state index contributed by atoms with van der Waals surface area (Å²) in [6.07, 6.45) is 8.04. The number of anilines is 1. The predicted molar refractivity (Wildman–Crippen MR) is 82.0 cm³/mol. The summed E-state index contributed by atoms with van der Waals surface area (Å²) in [5.41, 5.74) is 2.42. The van der Waals surface area contributed by atoms with Crippen LogP contribution in [0.2, 0.25) is 0 Å². The molecule has 1 saturated carbocycles. The van der Waals surface area contributed by atoms with Gasteiger partial charge in [0.25, 0.3) is 0 Å². The molecule has 1 aliphatic rings. The zero-order valence-electron chi connectivity index (χ0n) is 12.4. The van der Waals surface area contributed by atoms with Gasteiger partial charge < -0.3 is 10.1 Å². The Hall–Kier alpha value is -1.18. The summed E-state index contributed by atoms with van der Waals surface area (Å²) in [5.74, 6) is 1.85. The minimum atomic E-state index is 0.793. The van der Waals surface area contributed by atoms with Crippen LogP contribution in [0.25, 0.3) is 0 Å². The number of nitrogens with one attached hydrogen (secondary N) is 1. The molecule has 0 atom stereocenters. The standard InChI is InChI=1S/C17H27NO/c1-3-11-19-17-12-14(2)9-10-16(17)18-13-15-7-5-4-6-8-15/h9-10,12,15,18H,3-8,11,13H2,1-2H3. The Morgan fingerprint density at radius 1 is 1.21 bits per heavy atom. The fourth-order valence-electron chi connectivity index (χ4n) is 2.75. The van der Waals surface area contributed by atoms with Crippen LogP contribution in [0.4, 0.5) is 5.69 Å². The van der Waals surface area contributed by atoms with Crippen LogP contribution in [-0.2, 0) is 0 Å². The van der Waals surface area contributed by atoms with Gasteiger partial charge in [-0.2, -0.15) is 0 Å². The van der Waals surface area contributed by atoms with Crippen molar-refractivity contribution in [3.8, 4) is 5.75 Å². The molecular weight excluding hydrogens is 234 g/mol. The van der Waals surface area contributed by atoms with Crippen LogP contribution in [0.3, 0.4) is 0 Å². The largest absolute Gasteiger partial charge is 0.491 e. The van der Waals surface area contributed by atoms with Gasteiger partial charge in [0, 0.05) is 6.54 Å². The SMILES string of the molecule is CCCOc1cc(C)ccc1NCC1CCCCC1. The van der Waals surface area contributed by atoms with E-state index >= 15 is 0 Å². The zero-order valence-corrected chi connectivity index (χ0v) is 12.4. The summed E-state index contributed by atoms with van der Waals surface area (Å²) >= 11 is 0. The van der Waals surface area contributed by atoms with Crippen molar-refractivity contribution in [3.05, 3.63) is 23.8 Å². The molecule has 0 heterocycles. The summed E-state index contributed by atoms with van der Waals surface area (Å²) < 4.78 is 5.84. The molecule has 1 aromatic rings. The topological polar surface area (TPSA) is 21.3 Å². The second kappa shape index (κ2) is 7.42. The monoisotopic (exact) mass is 261 g/mol. The molecule has 0 amide bonds. The molecular formula is C17H27NO. The summed E-state index contributed by atoms with van der Waals surface area (Å²) in [4.78, 5) is 0. The molecule has 0 bridgehead atoms. The number of rotatable bonds is 6. The lowest BCUT2D eigenvalue weighted by Gasteiger charge is -2.23. The zero-order chi connectivity index (χ0) is 13.5. The van der Waals surface area contributed by atoms with Gasteiger partial charge in [-0.3, -0.25) is 0 Å². The van der Waals surface area contributed by atoms with Crippen LogP contribution >= 0.6 is 0 Å². The molecule has 1 aromatic carbocycles. The maximum absolute atomic E-state index is 5.84. The van der Waals surface area contributed by atoms with E-state index in [-0.39, 0.29) is 0 Å². The van der Waals surface area contributed by atoms with Crippen LogP contribution in [0, 0.1) is 12.8 Å². The molecule has 0 spiro atoms. The summed E-state index contributed by atoms with van der Waals surface area (Å²) in [6.45, 7) is 6.14. The van der Waals surface area contributed by atoms with Crippen molar-refractivity contribution in [2.24, 2.45) is 5.92 Å². The van der Waals surface area contributed by atoms with Crippen molar-refractivity contribution in [2.75, 3.05) is 18.5 Å². The van der Waals surface area contributed by atoms with Gasteiger partial charge in [0.05, 0.1) is 12.3 Å². The lowest BCUT2D eigenvalue weighted by molar-refractivity contribution is 0.318. The Kier molecular flexibility index (Phi) is 5.56. The van der Waals surface area contributed by atoms with E-state index < -0.39 is 0 Å². The maximum atomic E-state index is 5.84. The molecule has 0 radical (unpaired) electrons. The van der Waals surface area contributed by atoms with Crippen LogP contribution in [0.15, 0.2) is 18.2 Å². The third kappa shape index (κ3) is 4.45. The van der Waals surface area contributed by atoms with E-state index in [9.17, 15) is 0 Å². The molecule has 2 nitrogen and oxygen atoms in total. The van der Waals surface area contributed by atoms with Gasteiger partial charge in [-0.1, -0.05) is 32.3 Å². The van der Waals surface area contributed by atoms with Crippen molar-refractivity contribution in [3.63, 3.8) is 0 Å². The van der Waals surface area contributed by atoms with Gasteiger partial charge in [0.1, 0.15) is 5.75 Å². The Morgan fingerprint density at radius 2 is 2.00 bits per heavy atom. The van der Waals surface area contributed by atoms with E-state index in [0.717, 1.165) is 36.9 Å². The predicted octanol–water partition coefficient (Wildman–Crippen LogP) is 4.78. The quantitative estimate of drug-likeness (QED) is 0.796. The first kappa shape index (κ1) is 14.2. The Morgan fingerprint density at radius 3 is 2.74 bits per heavy atom. The Bertz CT molecular complexity index is 383. The van der Waals surface area contributed by atoms with Crippen LogP contribution in [0.1, 0.15) is 51.0 Å². The van der Waals surface area contributed by atoms with E-state index in [2.05, 4.69) is 37.4 Å². The first-order valence-electron chi connectivity index (χ1n) is 7.77. The normalized spacial score (nSPS) is 16.3. The van der Waals surface area contributed by atoms with Crippen LogP contribution in [-0.4, -0.2) is 13.2 Å². The van der Waals surface area contributed by atoms with Crippen LogP contribution < -0.4 is 10.1 Å². The third-order valence-corrected chi connectivity index (χ3v) is 3.90. The lowest BCUT2D eigenvalue weighted by Crippen LogP contribution is -2.17. The van der Waals surface area contributed by atoms with Crippen molar-refractivity contribution < 1.29 is 4.74 Å². The maximum Gasteiger partial charge on any atom is 0.142 e. The van der Waals surface area contributed by atoms with E-state index in [0.29, 0.717) is 0 Å². The molecule has 2 heteroatoms. The average molecular weight is 261 g/mol. The molecule has 0 aromatic heterocycles. The van der Waals surface area contributed by atoms with Gasteiger partial charge >= 0.3 is 0 Å². The Balaban J connectivity index is 1.93. The molecule has 2 rings (SSSR count). The second-order valence-electron chi connectivity index (χ2n) is 5.73. The highest BCUT2D eigenvalue weighted by Gasteiger charge is 2.13. The fraction of sp³-hybridized carbons (Fsp3) is 0.647. The minimum absolute atomic E-state index is 0.793. The van der Waals surface area contributed by atoms with Crippen molar-refractivity contribution in [1.29, 1.82) is 0 Å². The van der Waals surface area contributed by atoms with Gasteiger partial charge in [0.15, 0.2) is 0 Å². The molecule has 1 fully saturated rings. The van der Waals surface area contributed by atoms with Gasteiger partial charge in [-0.05, 0) is 49.8 Å². The second-order valence-corrected chi connectivity index (χ2v) is 5.73. The third-order valence-electron chi connectivity index (χ3n) is 3.90. The Labute approximate surface area is 117 Å².